The molecule has 0 saturated heterocycles. The summed E-state index contributed by atoms with van der Waals surface area (Å²) in [5, 5.41) is 9.19. The lowest BCUT2D eigenvalue weighted by atomic mass is 9.77. The third kappa shape index (κ3) is 1.35. The number of aromatic carboxylic acids is 1. The van der Waals surface area contributed by atoms with Crippen molar-refractivity contribution in [2.24, 2.45) is 0 Å². The highest BCUT2D eigenvalue weighted by atomic mass is 79.9. The Balaban J connectivity index is 2.27. The molecule has 2 unspecified atom stereocenters. The predicted molar refractivity (Wildman–Crippen MR) is 69.7 cm³/mol. The molecule has 0 aliphatic heterocycles. The van der Waals surface area contributed by atoms with Crippen LogP contribution in [0.4, 0.5) is 0 Å². The second kappa shape index (κ2) is 3.14. The normalized spacial score (nSPS) is 33.8. The molecule has 0 radical (unpaired) electrons. The standard InChI is InChI=1S/C14H15BrO2/c1-13-3-4-14(2,7-13)10-6-11(15)8(12(16)17)5-9(10)13/h5-6H,3-4,7H2,1-2H3,(H,16,17). The lowest BCUT2D eigenvalue weighted by molar-refractivity contribution is 0.0695. The third-order valence-electron chi connectivity index (χ3n) is 4.65. The second-order valence-electron chi connectivity index (χ2n) is 5.98. The van der Waals surface area contributed by atoms with Crippen LogP contribution in [0.25, 0.3) is 0 Å². The van der Waals surface area contributed by atoms with E-state index in [-0.39, 0.29) is 10.8 Å². The summed E-state index contributed by atoms with van der Waals surface area (Å²) in [6.07, 6.45) is 3.55. The first-order valence-electron chi connectivity index (χ1n) is 5.94. The monoisotopic (exact) mass is 294 g/mol. The number of hydrogen-bond donors (Lipinski definition) is 1. The molecule has 2 aliphatic rings. The van der Waals surface area contributed by atoms with Gasteiger partial charge in [-0.15, -0.1) is 0 Å². The molecule has 1 N–H and O–H groups in total. The van der Waals surface area contributed by atoms with Crippen LogP contribution in [0.5, 0.6) is 0 Å². The topological polar surface area (TPSA) is 37.3 Å². The maximum Gasteiger partial charge on any atom is 0.336 e. The maximum atomic E-state index is 11.2. The minimum atomic E-state index is -0.851. The van der Waals surface area contributed by atoms with E-state index in [0.29, 0.717) is 10.0 Å². The Bertz CT molecular complexity index is 537. The van der Waals surface area contributed by atoms with Crippen LogP contribution in [0.2, 0.25) is 0 Å². The molecule has 1 aromatic carbocycles. The molecule has 0 spiro atoms. The molecule has 0 aromatic heterocycles. The molecule has 17 heavy (non-hydrogen) atoms. The molecular formula is C14H15BrO2. The number of carbonyl (C=O) groups is 1. The van der Waals surface area contributed by atoms with E-state index in [4.69, 9.17) is 0 Å². The van der Waals surface area contributed by atoms with Crippen molar-refractivity contribution in [3.8, 4) is 0 Å². The molecule has 1 saturated carbocycles. The molecule has 1 fully saturated rings. The minimum absolute atomic E-state index is 0.189. The van der Waals surface area contributed by atoms with Gasteiger partial charge < -0.3 is 5.11 Å². The summed E-state index contributed by atoms with van der Waals surface area (Å²) in [7, 11) is 0. The number of halogens is 1. The average molecular weight is 295 g/mol. The van der Waals surface area contributed by atoms with E-state index in [0.717, 1.165) is 6.42 Å². The van der Waals surface area contributed by atoms with Gasteiger partial charge in [0.1, 0.15) is 0 Å². The number of hydrogen-bond acceptors (Lipinski definition) is 1. The summed E-state index contributed by atoms with van der Waals surface area (Å²) in [5.74, 6) is -0.851. The van der Waals surface area contributed by atoms with Crippen LogP contribution >= 0.6 is 15.9 Å². The zero-order valence-electron chi connectivity index (χ0n) is 10.0. The summed E-state index contributed by atoms with van der Waals surface area (Å²) < 4.78 is 0.709. The number of carboxylic acid groups (broad SMARTS) is 1. The molecule has 3 heteroatoms. The SMILES string of the molecule is CC12CCC(C)(C1)c1cc(C(=O)O)c(Br)cc12. The van der Waals surface area contributed by atoms with Gasteiger partial charge in [0, 0.05) is 4.47 Å². The summed E-state index contributed by atoms with van der Waals surface area (Å²) in [6, 6.07) is 3.91. The smallest absolute Gasteiger partial charge is 0.336 e. The molecule has 1 aromatic rings. The fraction of sp³-hybridized carbons (Fsp3) is 0.500. The second-order valence-corrected chi connectivity index (χ2v) is 6.84. The average Bonchev–Trinajstić information content (AvgIpc) is 2.65. The first-order valence-corrected chi connectivity index (χ1v) is 6.73. The van der Waals surface area contributed by atoms with Gasteiger partial charge in [0.15, 0.2) is 0 Å². The quantitative estimate of drug-likeness (QED) is 0.854. The van der Waals surface area contributed by atoms with Gasteiger partial charge in [0.05, 0.1) is 5.56 Å². The van der Waals surface area contributed by atoms with Crippen molar-refractivity contribution in [3.05, 3.63) is 33.3 Å². The van der Waals surface area contributed by atoms with Crippen LogP contribution in [0.1, 0.15) is 54.6 Å². The van der Waals surface area contributed by atoms with Gasteiger partial charge in [0.25, 0.3) is 0 Å². The fourth-order valence-corrected chi connectivity index (χ4v) is 4.30. The van der Waals surface area contributed by atoms with E-state index in [1.165, 1.54) is 24.0 Å². The maximum absolute atomic E-state index is 11.2. The Kier molecular flexibility index (Phi) is 2.08. The first-order chi connectivity index (χ1) is 7.86. The summed E-state index contributed by atoms with van der Waals surface area (Å²) in [6.45, 7) is 4.57. The zero-order chi connectivity index (χ0) is 12.4. The number of benzene rings is 1. The van der Waals surface area contributed by atoms with Gasteiger partial charge in [-0.3, -0.25) is 0 Å². The van der Waals surface area contributed by atoms with Crippen molar-refractivity contribution < 1.29 is 9.90 Å². The van der Waals surface area contributed by atoms with E-state index in [1.807, 2.05) is 12.1 Å². The summed E-state index contributed by atoms with van der Waals surface area (Å²) in [4.78, 5) is 11.2. The Labute approximate surface area is 109 Å². The van der Waals surface area contributed by atoms with Crippen molar-refractivity contribution in [2.75, 3.05) is 0 Å². The number of rotatable bonds is 1. The molecule has 2 aliphatic carbocycles. The molecule has 2 atom stereocenters. The summed E-state index contributed by atoms with van der Waals surface area (Å²) in [5.41, 5.74) is 3.44. The van der Waals surface area contributed by atoms with Crippen LogP contribution < -0.4 is 0 Å². The van der Waals surface area contributed by atoms with Crippen LogP contribution in [-0.2, 0) is 10.8 Å². The van der Waals surface area contributed by atoms with Gasteiger partial charge in [-0.2, -0.15) is 0 Å². The van der Waals surface area contributed by atoms with Crippen LogP contribution in [0.15, 0.2) is 16.6 Å². The molecule has 2 bridgehead atoms. The van der Waals surface area contributed by atoms with Crippen molar-refractivity contribution in [3.63, 3.8) is 0 Å². The zero-order valence-corrected chi connectivity index (χ0v) is 11.6. The van der Waals surface area contributed by atoms with Gasteiger partial charge in [0.2, 0.25) is 0 Å². The lowest BCUT2D eigenvalue weighted by Crippen LogP contribution is -2.19. The van der Waals surface area contributed by atoms with E-state index in [1.54, 1.807) is 0 Å². The Hall–Kier alpha value is -0.830. The molecule has 2 nitrogen and oxygen atoms in total. The van der Waals surface area contributed by atoms with E-state index >= 15 is 0 Å². The third-order valence-corrected chi connectivity index (χ3v) is 5.30. The summed E-state index contributed by atoms with van der Waals surface area (Å²) >= 11 is 3.38. The van der Waals surface area contributed by atoms with Gasteiger partial charge in [-0.25, -0.2) is 4.79 Å². The van der Waals surface area contributed by atoms with E-state index in [9.17, 15) is 9.90 Å². The van der Waals surface area contributed by atoms with Crippen molar-refractivity contribution in [1.29, 1.82) is 0 Å². The van der Waals surface area contributed by atoms with Crippen molar-refractivity contribution in [2.45, 2.75) is 43.9 Å². The van der Waals surface area contributed by atoms with E-state index in [2.05, 4.69) is 29.8 Å². The Morgan fingerprint density at radius 1 is 1.24 bits per heavy atom. The fourth-order valence-electron chi connectivity index (χ4n) is 3.79. The minimum Gasteiger partial charge on any atom is -0.478 e. The largest absolute Gasteiger partial charge is 0.478 e. The molecule has 0 heterocycles. The number of carboxylic acids is 1. The Morgan fingerprint density at radius 2 is 1.76 bits per heavy atom. The van der Waals surface area contributed by atoms with Crippen LogP contribution in [0.3, 0.4) is 0 Å². The van der Waals surface area contributed by atoms with Gasteiger partial charge >= 0.3 is 5.97 Å². The highest BCUT2D eigenvalue weighted by molar-refractivity contribution is 9.10. The first kappa shape index (κ1) is 11.3. The van der Waals surface area contributed by atoms with Crippen LogP contribution in [-0.4, -0.2) is 11.1 Å². The van der Waals surface area contributed by atoms with Gasteiger partial charge in [-0.05, 0) is 69.3 Å². The predicted octanol–water partition coefficient (Wildman–Crippen LogP) is 3.86. The van der Waals surface area contributed by atoms with Crippen molar-refractivity contribution >= 4 is 21.9 Å². The highest BCUT2D eigenvalue weighted by Gasteiger charge is 2.53. The molecule has 0 amide bonds. The highest BCUT2D eigenvalue weighted by Crippen LogP contribution is 2.60. The number of fused-ring (bicyclic) bond motifs is 5. The van der Waals surface area contributed by atoms with Crippen LogP contribution in [0, 0.1) is 0 Å². The molecule has 90 valence electrons. The van der Waals surface area contributed by atoms with Gasteiger partial charge in [-0.1, -0.05) is 13.8 Å². The molecule has 3 rings (SSSR count). The van der Waals surface area contributed by atoms with Crippen molar-refractivity contribution in [1.82, 2.24) is 0 Å². The van der Waals surface area contributed by atoms with E-state index < -0.39 is 5.97 Å². The molecular weight excluding hydrogens is 280 g/mol. The lowest BCUT2D eigenvalue weighted by Gasteiger charge is -2.27. The Morgan fingerprint density at radius 3 is 2.29 bits per heavy atom.